The molecule has 0 aromatic heterocycles. The molecule has 3 aromatic rings. The number of carbonyl (C=O) groups excluding carboxylic acids is 1. The maximum absolute atomic E-state index is 13.5. The van der Waals surface area contributed by atoms with Crippen molar-refractivity contribution in [3.8, 4) is 16.9 Å². The molecule has 0 aliphatic rings. The third-order valence-electron chi connectivity index (χ3n) is 4.44. The molecule has 1 atom stereocenters. The summed E-state index contributed by atoms with van der Waals surface area (Å²) in [6.45, 7) is 1.31. The van der Waals surface area contributed by atoms with Crippen LogP contribution in [0.3, 0.4) is 0 Å². The van der Waals surface area contributed by atoms with E-state index in [1.165, 1.54) is 12.1 Å². The summed E-state index contributed by atoms with van der Waals surface area (Å²) in [7, 11) is 0. The van der Waals surface area contributed by atoms with Crippen molar-refractivity contribution in [3.63, 3.8) is 0 Å². The Morgan fingerprint density at radius 1 is 0.964 bits per heavy atom. The lowest BCUT2D eigenvalue weighted by atomic mass is 9.93. The van der Waals surface area contributed by atoms with E-state index < -0.39 is 17.3 Å². The van der Waals surface area contributed by atoms with Crippen LogP contribution in [0.25, 0.3) is 11.1 Å². The van der Waals surface area contributed by atoms with Crippen molar-refractivity contribution in [1.29, 1.82) is 0 Å². The van der Waals surface area contributed by atoms with Crippen molar-refractivity contribution < 1.29 is 19.0 Å². The normalized spacial score (nSPS) is 12.8. The topological polar surface area (TPSA) is 58.6 Å². The monoisotopic (exact) mass is 379 g/mol. The van der Waals surface area contributed by atoms with Crippen molar-refractivity contribution in [1.82, 2.24) is 5.32 Å². The Morgan fingerprint density at radius 2 is 1.57 bits per heavy atom. The lowest BCUT2D eigenvalue weighted by Gasteiger charge is -2.24. The molecule has 0 saturated heterocycles. The summed E-state index contributed by atoms with van der Waals surface area (Å²) in [5, 5.41) is 13.3. The van der Waals surface area contributed by atoms with E-state index in [2.05, 4.69) is 5.32 Å². The maximum Gasteiger partial charge on any atom is 0.258 e. The predicted molar refractivity (Wildman–Crippen MR) is 106 cm³/mol. The zero-order chi connectivity index (χ0) is 20.0. The molecule has 28 heavy (non-hydrogen) atoms. The Morgan fingerprint density at radius 3 is 2.25 bits per heavy atom. The summed E-state index contributed by atoms with van der Waals surface area (Å²) in [4.78, 5) is 12.0. The number of hydrogen-bond acceptors (Lipinski definition) is 3. The molecular weight excluding hydrogens is 357 g/mol. The van der Waals surface area contributed by atoms with Crippen LogP contribution in [-0.4, -0.2) is 24.2 Å². The molecule has 0 fully saturated rings. The first-order chi connectivity index (χ1) is 13.5. The largest absolute Gasteiger partial charge is 0.481 e. The van der Waals surface area contributed by atoms with Crippen LogP contribution in [0, 0.1) is 5.82 Å². The fourth-order valence-corrected chi connectivity index (χ4v) is 2.78. The Bertz CT molecular complexity index is 924. The first kappa shape index (κ1) is 19.6. The van der Waals surface area contributed by atoms with Gasteiger partial charge < -0.3 is 15.2 Å². The molecule has 4 nitrogen and oxygen atoms in total. The van der Waals surface area contributed by atoms with Gasteiger partial charge in [-0.1, -0.05) is 66.7 Å². The van der Waals surface area contributed by atoms with Gasteiger partial charge in [0.1, 0.15) is 5.60 Å². The van der Waals surface area contributed by atoms with Crippen LogP contribution in [0.15, 0.2) is 78.9 Å². The van der Waals surface area contributed by atoms with Crippen LogP contribution < -0.4 is 10.1 Å². The lowest BCUT2D eigenvalue weighted by molar-refractivity contribution is -0.124. The predicted octanol–water partition coefficient (Wildman–Crippen LogP) is 3.90. The van der Waals surface area contributed by atoms with E-state index >= 15 is 0 Å². The highest BCUT2D eigenvalue weighted by atomic mass is 19.1. The summed E-state index contributed by atoms with van der Waals surface area (Å²) in [5.74, 6) is -0.953. The van der Waals surface area contributed by atoms with Gasteiger partial charge in [-0.15, -0.1) is 0 Å². The number of halogens is 1. The van der Waals surface area contributed by atoms with E-state index in [4.69, 9.17) is 4.74 Å². The fourth-order valence-electron chi connectivity index (χ4n) is 2.78. The van der Waals surface area contributed by atoms with Gasteiger partial charge in [-0.2, -0.15) is 0 Å². The summed E-state index contributed by atoms with van der Waals surface area (Å²) < 4.78 is 18.7. The summed E-state index contributed by atoms with van der Waals surface area (Å²) in [6, 6.07) is 23.4. The number of para-hydroxylation sites is 1. The van der Waals surface area contributed by atoms with Gasteiger partial charge in [0, 0.05) is 0 Å². The number of carbonyl (C=O) groups is 1. The van der Waals surface area contributed by atoms with Crippen molar-refractivity contribution >= 4 is 5.91 Å². The second-order valence-electron chi connectivity index (χ2n) is 6.71. The maximum atomic E-state index is 13.5. The van der Waals surface area contributed by atoms with Crippen molar-refractivity contribution in [2.75, 3.05) is 13.2 Å². The minimum absolute atomic E-state index is 0.0111. The number of benzene rings is 3. The molecule has 0 saturated carbocycles. The molecular formula is C23H22FNO3. The molecule has 0 spiro atoms. The molecule has 0 bridgehead atoms. The highest BCUT2D eigenvalue weighted by Gasteiger charge is 2.24. The van der Waals surface area contributed by atoms with E-state index in [1.54, 1.807) is 19.1 Å². The number of amides is 1. The van der Waals surface area contributed by atoms with E-state index in [0.29, 0.717) is 5.56 Å². The number of nitrogens with one attached hydrogen (secondary N) is 1. The average molecular weight is 379 g/mol. The molecule has 5 heteroatoms. The third-order valence-corrected chi connectivity index (χ3v) is 4.44. The molecule has 0 aliphatic carbocycles. The Hall–Kier alpha value is -3.18. The van der Waals surface area contributed by atoms with Crippen LogP contribution in [0.2, 0.25) is 0 Å². The van der Waals surface area contributed by atoms with E-state index in [0.717, 1.165) is 11.1 Å². The van der Waals surface area contributed by atoms with Crippen molar-refractivity contribution in [2.45, 2.75) is 12.5 Å². The van der Waals surface area contributed by atoms with Crippen LogP contribution in [0.4, 0.5) is 4.39 Å². The molecule has 3 aromatic carbocycles. The zero-order valence-electron chi connectivity index (χ0n) is 15.6. The van der Waals surface area contributed by atoms with Crippen LogP contribution in [0.5, 0.6) is 5.75 Å². The van der Waals surface area contributed by atoms with Crippen LogP contribution in [0.1, 0.15) is 12.5 Å². The zero-order valence-corrected chi connectivity index (χ0v) is 15.6. The minimum atomic E-state index is -1.25. The van der Waals surface area contributed by atoms with Crippen LogP contribution in [-0.2, 0) is 10.4 Å². The smallest absolute Gasteiger partial charge is 0.258 e. The standard InChI is InChI=1S/C23H22FNO3/c1-23(27,16-25-22(26)15-28-21-10-6-5-9-20(21)24)19-13-11-18(12-14-19)17-7-3-2-4-8-17/h2-14,27H,15-16H2,1H3,(H,25,26)/t23-/m1/s1. The Kier molecular flexibility index (Phi) is 6.06. The number of ether oxygens (including phenoxy) is 1. The third kappa shape index (κ3) is 4.96. The van der Waals surface area contributed by atoms with Gasteiger partial charge in [-0.25, -0.2) is 4.39 Å². The summed E-state index contributed by atoms with van der Waals surface area (Å²) in [5.41, 5.74) is 1.57. The Labute approximate surface area is 163 Å². The first-order valence-corrected chi connectivity index (χ1v) is 8.98. The van der Waals surface area contributed by atoms with Gasteiger partial charge in [0.2, 0.25) is 0 Å². The molecule has 1 amide bonds. The molecule has 144 valence electrons. The summed E-state index contributed by atoms with van der Waals surface area (Å²) in [6.07, 6.45) is 0. The SMILES string of the molecule is C[C@@](O)(CNC(=O)COc1ccccc1F)c1ccc(-c2ccccc2)cc1. The van der Waals surface area contributed by atoms with Crippen molar-refractivity contribution in [2.24, 2.45) is 0 Å². The van der Waals surface area contributed by atoms with Gasteiger partial charge >= 0.3 is 0 Å². The van der Waals surface area contributed by atoms with E-state index in [1.807, 2.05) is 54.6 Å². The highest BCUT2D eigenvalue weighted by molar-refractivity contribution is 5.77. The first-order valence-electron chi connectivity index (χ1n) is 8.98. The van der Waals surface area contributed by atoms with Crippen molar-refractivity contribution in [3.05, 3.63) is 90.2 Å². The van der Waals surface area contributed by atoms with Gasteiger partial charge in [0.15, 0.2) is 18.2 Å². The molecule has 0 aliphatic heterocycles. The van der Waals surface area contributed by atoms with E-state index in [-0.39, 0.29) is 18.9 Å². The number of hydrogen-bond donors (Lipinski definition) is 2. The molecule has 2 N–H and O–H groups in total. The molecule has 0 heterocycles. The quantitative estimate of drug-likeness (QED) is 0.655. The fraction of sp³-hybridized carbons (Fsp3) is 0.174. The highest BCUT2D eigenvalue weighted by Crippen LogP contribution is 2.24. The number of aliphatic hydroxyl groups is 1. The van der Waals surface area contributed by atoms with Gasteiger partial charge in [0.25, 0.3) is 5.91 Å². The molecule has 0 radical (unpaired) electrons. The Balaban J connectivity index is 1.56. The second kappa shape index (κ2) is 8.67. The van der Waals surface area contributed by atoms with Gasteiger partial charge in [0.05, 0.1) is 6.54 Å². The second-order valence-corrected chi connectivity index (χ2v) is 6.71. The molecule has 0 unspecified atom stereocenters. The lowest BCUT2D eigenvalue weighted by Crippen LogP contribution is -2.40. The molecule has 3 rings (SSSR count). The number of rotatable bonds is 7. The van der Waals surface area contributed by atoms with Crippen LogP contribution >= 0.6 is 0 Å². The van der Waals surface area contributed by atoms with Gasteiger partial charge in [-0.05, 0) is 35.7 Å². The van der Waals surface area contributed by atoms with Gasteiger partial charge in [-0.3, -0.25) is 4.79 Å². The summed E-state index contributed by atoms with van der Waals surface area (Å²) >= 11 is 0. The van der Waals surface area contributed by atoms with E-state index in [9.17, 15) is 14.3 Å². The minimum Gasteiger partial charge on any atom is -0.481 e. The average Bonchev–Trinajstić information content (AvgIpc) is 2.72.